The first-order valence-corrected chi connectivity index (χ1v) is 11.2. The zero-order chi connectivity index (χ0) is 25.8. The Balaban J connectivity index is 1.28. The van der Waals surface area contributed by atoms with E-state index in [0.29, 0.717) is 19.5 Å². The maximum Gasteiger partial charge on any atom is 0.339 e. The Labute approximate surface area is 205 Å². The molecule has 3 heterocycles. The number of rotatable bonds is 7. The summed E-state index contributed by atoms with van der Waals surface area (Å²) in [4.78, 5) is 79.1. The molecular weight excluding hydrogens is 470 g/mol. The van der Waals surface area contributed by atoms with Gasteiger partial charge in [0.15, 0.2) is 0 Å². The van der Waals surface area contributed by atoms with E-state index in [1.807, 2.05) is 0 Å². The molecule has 1 saturated heterocycles. The standard InChI is InChI=1S/C24H23N5O7/c1-36-24(35)15-7-8-18(26-13-15)23(34)29-12-4-11-28(29)20(31)9-10-25-19(30)14-27-21(32)16-5-2-3-6-17(16)22(27)33/h2-3,5-8,13H,4,9-12,14H2,1H3,(H,25,30). The number of fused-ring (bicyclic) bond motifs is 1. The molecule has 1 N–H and O–H groups in total. The lowest BCUT2D eigenvalue weighted by atomic mass is 10.1. The average Bonchev–Trinajstić information content (AvgIpc) is 3.48. The Morgan fingerprint density at radius 2 is 1.64 bits per heavy atom. The first-order chi connectivity index (χ1) is 17.3. The number of esters is 1. The molecule has 2 aliphatic heterocycles. The van der Waals surface area contributed by atoms with Gasteiger partial charge in [-0.25, -0.2) is 9.80 Å². The Kier molecular flexibility index (Phi) is 7.04. The summed E-state index contributed by atoms with van der Waals surface area (Å²) < 4.78 is 4.61. The minimum atomic E-state index is -0.582. The number of nitrogens with zero attached hydrogens (tertiary/aromatic N) is 4. The van der Waals surface area contributed by atoms with E-state index in [-0.39, 0.29) is 41.3 Å². The molecule has 1 aromatic heterocycles. The third-order valence-electron chi connectivity index (χ3n) is 5.80. The van der Waals surface area contributed by atoms with Crippen LogP contribution in [-0.4, -0.2) is 88.7 Å². The molecule has 0 saturated carbocycles. The Hall–Kier alpha value is -4.61. The van der Waals surface area contributed by atoms with Crippen LogP contribution >= 0.6 is 0 Å². The number of ether oxygens (including phenoxy) is 1. The maximum absolute atomic E-state index is 12.9. The number of imide groups is 1. The highest BCUT2D eigenvalue weighted by molar-refractivity contribution is 6.22. The van der Waals surface area contributed by atoms with Crippen LogP contribution in [0.1, 0.15) is 54.4 Å². The number of hydrazine groups is 1. The quantitative estimate of drug-likeness (QED) is 0.427. The van der Waals surface area contributed by atoms with Crippen LogP contribution in [-0.2, 0) is 14.3 Å². The summed E-state index contributed by atoms with van der Waals surface area (Å²) in [5.41, 5.74) is 0.759. The summed E-state index contributed by atoms with van der Waals surface area (Å²) in [6.07, 6.45) is 1.71. The van der Waals surface area contributed by atoms with Crippen molar-refractivity contribution < 1.29 is 33.5 Å². The third-order valence-corrected chi connectivity index (χ3v) is 5.80. The van der Waals surface area contributed by atoms with Gasteiger partial charge in [0, 0.05) is 32.3 Å². The van der Waals surface area contributed by atoms with Gasteiger partial charge >= 0.3 is 5.97 Å². The molecule has 4 rings (SSSR count). The van der Waals surface area contributed by atoms with E-state index in [1.54, 1.807) is 12.1 Å². The molecule has 0 bridgehead atoms. The van der Waals surface area contributed by atoms with Gasteiger partial charge in [-0.1, -0.05) is 12.1 Å². The molecule has 2 aliphatic rings. The van der Waals surface area contributed by atoms with Crippen molar-refractivity contribution in [2.75, 3.05) is 33.3 Å². The zero-order valence-corrected chi connectivity index (χ0v) is 19.4. The number of hydrogen-bond donors (Lipinski definition) is 1. The third kappa shape index (κ3) is 4.78. The van der Waals surface area contributed by atoms with Crippen molar-refractivity contribution in [2.24, 2.45) is 0 Å². The van der Waals surface area contributed by atoms with Crippen LogP contribution in [0.4, 0.5) is 0 Å². The van der Waals surface area contributed by atoms with Crippen molar-refractivity contribution in [3.05, 3.63) is 65.0 Å². The molecule has 36 heavy (non-hydrogen) atoms. The monoisotopic (exact) mass is 493 g/mol. The molecule has 12 nitrogen and oxygen atoms in total. The fourth-order valence-corrected chi connectivity index (χ4v) is 3.99. The number of hydrogen-bond acceptors (Lipinski definition) is 8. The lowest BCUT2D eigenvalue weighted by Crippen LogP contribution is -2.46. The smallest absolute Gasteiger partial charge is 0.339 e. The van der Waals surface area contributed by atoms with E-state index in [2.05, 4.69) is 15.0 Å². The summed E-state index contributed by atoms with van der Waals surface area (Å²) >= 11 is 0. The van der Waals surface area contributed by atoms with Gasteiger partial charge in [-0.05, 0) is 30.7 Å². The Morgan fingerprint density at radius 1 is 0.972 bits per heavy atom. The molecule has 0 atom stereocenters. The molecule has 1 fully saturated rings. The molecule has 12 heteroatoms. The van der Waals surface area contributed by atoms with Crippen molar-refractivity contribution in [1.29, 1.82) is 0 Å². The van der Waals surface area contributed by atoms with Gasteiger partial charge in [0.2, 0.25) is 11.8 Å². The molecule has 0 radical (unpaired) electrons. The number of pyridine rings is 1. The Morgan fingerprint density at radius 3 is 2.25 bits per heavy atom. The lowest BCUT2D eigenvalue weighted by Gasteiger charge is -2.27. The van der Waals surface area contributed by atoms with Crippen LogP contribution in [0.3, 0.4) is 0 Å². The van der Waals surface area contributed by atoms with Crippen LogP contribution < -0.4 is 5.32 Å². The van der Waals surface area contributed by atoms with E-state index < -0.39 is 36.1 Å². The van der Waals surface area contributed by atoms with Gasteiger partial charge < -0.3 is 10.1 Å². The van der Waals surface area contributed by atoms with Crippen molar-refractivity contribution in [2.45, 2.75) is 12.8 Å². The number of benzene rings is 1. The molecule has 0 unspecified atom stereocenters. The van der Waals surface area contributed by atoms with Crippen LogP contribution in [0, 0.1) is 0 Å². The van der Waals surface area contributed by atoms with Crippen LogP contribution in [0.2, 0.25) is 0 Å². The minimum absolute atomic E-state index is 0.0363. The lowest BCUT2D eigenvalue weighted by molar-refractivity contribution is -0.140. The van der Waals surface area contributed by atoms with Gasteiger partial charge in [0.1, 0.15) is 12.2 Å². The van der Waals surface area contributed by atoms with Gasteiger partial charge in [-0.3, -0.25) is 38.9 Å². The normalized spacial score (nSPS) is 14.6. The molecule has 0 spiro atoms. The molecule has 2 aromatic rings. The fourth-order valence-electron chi connectivity index (χ4n) is 3.99. The van der Waals surface area contributed by atoms with Crippen LogP contribution in [0.5, 0.6) is 0 Å². The number of methoxy groups -OCH3 is 1. The van der Waals surface area contributed by atoms with Crippen molar-refractivity contribution in [3.63, 3.8) is 0 Å². The number of carbonyl (C=O) groups is 6. The van der Waals surface area contributed by atoms with Gasteiger partial charge in [0.05, 0.1) is 23.8 Å². The van der Waals surface area contributed by atoms with Crippen molar-refractivity contribution >= 4 is 35.5 Å². The number of amides is 5. The van der Waals surface area contributed by atoms with Crippen molar-refractivity contribution in [3.8, 4) is 0 Å². The molecule has 186 valence electrons. The highest BCUT2D eigenvalue weighted by Gasteiger charge is 2.36. The second-order valence-electron chi connectivity index (χ2n) is 8.06. The SMILES string of the molecule is COC(=O)c1ccc(C(=O)N2CCCN2C(=O)CCNC(=O)CN2C(=O)c3ccccc3C2=O)nc1. The van der Waals surface area contributed by atoms with Gasteiger partial charge in [-0.15, -0.1) is 0 Å². The largest absolute Gasteiger partial charge is 0.465 e. The summed E-state index contributed by atoms with van der Waals surface area (Å²) in [6, 6.07) is 9.13. The van der Waals surface area contributed by atoms with E-state index in [9.17, 15) is 28.8 Å². The summed E-state index contributed by atoms with van der Waals surface area (Å²) in [6.45, 7) is 0.151. The molecule has 0 aliphatic carbocycles. The van der Waals surface area contributed by atoms with E-state index in [0.717, 1.165) is 4.90 Å². The molecular formula is C24H23N5O7. The first kappa shape index (κ1) is 24.5. The first-order valence-electron chi connectivity index (χ1n) is 11.2. The second kappa shape index (κ2) is 10.3. The predicted molar refractivity (Wildman–Crippen MR) is 122 cm³/mol. The van der Waals surface area contributed by atoms with Crippen LogP contribution in [0.25, 0.3) is 0 Å². The van der Waals surface area contributed by atoms with Crippen molar-refractivity contribution in [1.82, 2.24) is 25.2 Å². The van der Waals surface area contributed by atoms with E-state index in [1.165, 1.54) is 47.6 Å². The number of carbonyl (C=O) groups excluding carboxylic acids is 6. The second-order valence-corrected chi connectivity index (χ2v) is 8.06. The zero-order valence-electron chi connectivity index (χ0n) is 19.4. The maximum atomic E-state index is 12.9. The highest BCUT2D eigenvalue weighted by atomic mass is 16.5. The van der Waals surface area contributed by atoms with E-state index >= 15 is 0 Å². The average molecular weight is 493 g/mol. The minimum Gasteiger partial charge on any atom is -0.465 e. The highest BCUT2D eigenvalue weighted by Crippen LogP contribution is 2.22. The Bertz CT molecular complexity index is 1210. The van der Waals surface area contributed by atoms with Gasteiger partial charge in [0.25, 0.3) is 17.7 Å². The fraction of sp³-hybridized carbons (Fsp3) is 0.292. The molecule has 1 aromatic carbocycles. The predicted octanol–water partition coefficient (Wildman–Crippen LogP) is 0.260. The topological polar surface area (TPSA) is 146 Å². The summed E-state index contributed by atoms with van der Waals surface area (Å²) in [5.74, 6) is -3.12. The summed E-state index contributed by atoms with van der Waals surface area (Å²) in [7, 11) is 1.24. The molecule has 5 amide bonds. The van der Waals surface area contributed by atoms with Crippen LogP contribution in [0.15, 0.2) is 42.6 Å². The van der Waals surface area contributed by atoms with Gasteiger partial charge in [-0.2, -0.15) is 0 Å². The number of nitrogens with one attached hydrogen (secondary N) is 1. The number of aromatic nitrogens is 1. The summed E-state index contributed by atoms with van der Waals surface area (Å²) in [5, 5.41) is 5.12. The van der Waals surface area contributed by atoms with E-state index in [4.69, 9.17) is 0 Å².